The van der Waals surface area contributed by atoms with Crippen LogP contribution >= 0.6 is 11.3 Å². The van der Waals surface area contributed by atoms with E-state index in [9.17, 15) is 9.59 Å². The molecule has 0 radical (unpaired) electrons. The van der Waals surface area contributed by atoms with Crippen LogP contribution < -0.4 is 10.6 Å². The molecule has 4 aromatic rings. The van der Waals surface area contributed by atoms with Gasteiger partial charge in [0.05, 0.1) is 27.5 Å². The zero-order valence-corrected chi connectivity index (χ0v) is 16.0. The highest BCUT2D eigenvalue weighted by Gasteiger charge is 2.14. The smallest absolute Gasteiger partial charge is 0.265 e. The van der Waals surface area contributed by atoms with Gasteiger partial charge in [-0.05, 0) is 36.4 Å². The van der Waals surface area contributed by atoms with Gasteiger partial charge in [-0.15, -0.1) is 11.3 Å². The monoisotopic (exact) mass is 407 g/mol. The number of hydrogen-bond acceptors (Lipinski definition) is 6. The van der Waals surface area contributed by atoms with E-state index in [-0.39, 0.29) is 11.8 Å². The van der Waals surface area contributed by atoms with Gasteiger partial charge in [-0.1, -0.05) is 0 Å². The lowest BCUT2D eigenvalue weighted by molar-refractivity contribution is 0.0957. The van der Waals surface area contributed by atoms with Gasteiger partial charge in [0.25, 0.3) is 11.8 Å². The highest BCUT2D eigenvalue weighted by molar-refractivity contribution is 7.16. The standard InChI is InChI=1S/C19H17N7O2S/c27-18(22-8-7-14-9-20-10-23-14)16-5-6-17(29-16)19(28)25-13-1-3-15(4-2-13)26-12-21-11-24-26/h1-6,9-12H,7-8H2,(H,20,23)(H,22,27)(H,25,28). The third-order valence-electron chi connectivity index (χ3n) is 4.08. The average molecular weight is 407 g/mol. The van der Waals surface area contributed by atoms with E-state index >= 15 is 0 Å². The van der Waals surface area contributed by atoms with Gasteiger partial charge in [-0.2, -0.15) is 5.10 Å². The molecule has 0 spiro atoms. The Labute approximate surface area is 169 Å². The Bertz CT molecular complexity index is 1090. The van der Waals surface area contributed by atoms with Gasteiger partial charge in [-0.3, -0.25) is 9.59 Å². The van der Waals surface area contributed by atoms with Crippen molar-refractivity contribution < 1.29 is 9.59 Å². The van der Waals surface area contributed by atoms with Crippen molar-refractivity contribution in [3.63, 3.8) is 0 Å². The second-order valence-corrected chi connectivity index (χ2v) is 7.16. The fourth-order valence-corrected chi connectivity index (χ4v) is 3.45. The molecule has 3 N–H and O–H groups in total. The summed E-state index contributed by atoms with van der Waals surface area (Å²) in [5.74, 6) is -0.471. The minimum absolute atomic E-state index is 0.207. The van der Waals surface area contributed by atoms with Crippen LogP contribution in [0, 0.1) is 0 Å². The molecule has 0 aliphatic carbocycles. The van der Waals surface area contributed by atoms with Crippen molar-refractivity contribution >= 4 is 28.8 Å². The Hall–Kier alpha value is -3.79. The number of benzene rings is 1. The number of rotatable bonds is 7. The number of nitrogens with zero attached hydrogens (tertiary/aromatic N) is 4. The minimum Gasteiger partial charge on any atom is -0.351 e. The molecule has 0 saturated heterocycles. The van der Waals surface area contributed by atoms with E-state index in [1.807, 2.05) is 12.1 Å². The van der Waals surface area contributed by atoms with Crippen LogP contribution in [0.2, 0.25) is 0 Å². The van der Waals surface area contributed by atoms with Crippen molar-refractivity contribution in [2.24, 2.45) is 0 Å². The third kappa shape index (κ3) is 4.55. The molecule has 29 heavy (non-hydrogen) atoms. The average Bonchev–Trinajstić information content (AvgIpc) is 3.50. The van der Waals surface area contributed by atoms with E-state index in [4.69, 9.17) is 0 Å². The first-order valence-corrected chi connectivity index (χ1v) is 9.63. The van der Waals surface area contributed by atoms with E-state index in [0.29, 0.717) is 28.4 Å². The SMILES string of the molecule is O=C(NCCc1c[nH]cn1)c1ccc(C(=O)Nc2ccc(-n3cncn3)cc2)s1. The number of hydrogen-bond donors (Lipinski definition) is 3. The molecule has 0 bridgehead atoms. The number of H-pyrrole nitrogens is 1. The number of aromatic nitrogens is 5. The molecule has 2 amide bonds. The van der Waals surface area contributed by atoms with Gasteiger partial charge in [0.2, 0.25) is 0 Å². The summed E-state index contributed by atoms with van der Waals surface area (Å²) in [7, 11) is 0. The zero-order valence-electron chi connectivity index (χ0n) is 15.2. The molecular weight excluding hydrogens is 390 g/mol. The number of nitrogens with one attached hydrogen (secondary N) is 3. The van der Waals surface area contributed by atoms with Crippen LogP contribution in [0.5, 0.6) is 0 Å². The second kappa shape index (κ2) is 8.48. The van der Waals surface area contributed by atoms with Crippen molar-refractivity contribution in [3.05, 3.63) is 77.0 Å². The number of anilines is 1. The fourth-order valence-electron chi connectivity index (χ4n) is 2.63. The summed E-state index contributed by atoms with van der Waals surface area (Å²) >= 11 is 1.15. The molecule has 0 unspecified atom stereocenters. The highest BCUT2D eigenvalue weighted by Crippen LogP contribution is 2.19. The maximum Gasteiger partial charge on any atom is 0.265 e. The van der Waals surface area contributed by atoms with Crippen LogP contribution in [0.25, 0.3) is 5.69 Å². The lowest BCUT2D eigenvalue weighted by Gasteiger charge is -2.05. The van der Waals surface area contributed by atoms with Crippen LogP contribution in [-0.4, -0.2) is 43.1 Å². The number of aromatic amines is 1. The van der Waals surface area contributed by atoms with Gasteiger partial charge in [0.15, 0.2) is 0 Å². The summed E-state index contributed by atoms with van der Waals surface area (Å²) in [5, 5.41) is 9.72. The summed E-state index contributed by atoms with van der Waals surface area (Å²) in [4.78, 5) is 36.5. The van der Waals surface area contributed by atoms with Crippen molar-refractivity contribution in [2.45, 2.75) is 6.42 Å². The van der Waals surface area contributed by atoms with Gasteiger partial charge in [0, 0.05) is 24.8 Å². The van der Waals surface area contributed by atoms with E-state index in [1.165, 1.54) is 6.33 Å². The second-order valence-electron chi connectivity index (χ2n) is 6.07. The number of imidazole rings is 1. The zero-order chi connectivity index (χ0) is 20.1. The van der Waals surface area contributed by atoms with Crippen molar-refractivity contribution in [1.29, 1.82) is 0 Å². The normalized spacial score (nSPS) is 10.6. The summed E-state index contributed by atoms with van der Waals surface area (Å²) < 4.78 is 1.63. The van der Waals surface area contributed by atoms with Gasteiger partial charge < -0.3 is 15.6 Å². The number of amides is 2. The molecule has 0 aliphatic heterocycles. The fraction of sp³-hybridized carbons (Fsp3) is 0.105. The summed E-state index contributed by atoms with van der Waals surface area (Å²) in [6.45, 7) is 0.473. The van der Waals surface area contributed by atoms with Gasteiger partial charge >= 0.3 is 0 Å². The van der Waals surface area contributed by atoms with E-state index in [2.05, 4.69) is 30.7 Å². The molecule has 3 aromatic heterocycles. The highest BCUT2D eigenvalue weighted by atomic mass is 32.1. The maximum atomic E-state index is 12.5. The third-order valence-corrected chi connectivity index (χ3v) is 5.17. The van der Waals surface area contributed by atoms with Crippen molar-refractivity contribution in [1.82, 2.24) is 30.0 Å². The summed E-state index contributed by atoms with van der Waals surface area (Å²) in [5.41, 5.74) is 2.37. The van der Waals surface area contributed by atoms with E-state index in [0.717, 1.165) is 22.7 Å². The maximum absolute atomic E-state index is 12.5. The quantitative estimate of drug-likeness (QED) is 0.434. The molecule has 9 nitrogen and oxygen atoms in total. The van der Waals surface area contributed by atoms with E-state index < -0.39 is 0 Å². The largest absolute Gasteiger partial charge is 0.351 e. The molecule has 4 rings (SSSR count). The van der Waals surface area contributed by atoms with Crippen LogP contribution in [0.15, 0.2) is 61.6 Å². The summed E-state index contributed by atoms with van der Waals surface area (Å²) in [6.07, 6.45) is 7.08. The molecule has 146 valence electrons. The Morgan fingerprint density at radius 2 is 1.86 bits per heavy atom. The molecule has 0 atom stereocenters. The number of carbonyl (C=O) groups excluding carboxylic acids is 2. The Balaban J connectivity index is 1.32. The molecule has 0 saturated carbocycles. The minimum atomic E-state index is -0.265. The first-order chi connectivity index (χ1) is 14.2. The molecule has 0 fully saturated rings. The molecule has 1 aromatic carbocycles. The Kier molecular flexibility index (Phi) is 5.43. The predicted octanol–water partition coefficient (Wildman–Crippen LogP) is 2.28. The van der Waals surface area contributed by atoms with Gasteiger partial charge in [0.1, 0.15) is 12.7 Å². The lowest BCUT2D eigenvalue weighted by Crippen LogP contribution is -2.24. The number of carbonyl (C=O) groups is 2. The van der Waals surface area contributed by atoms with Crippen LogP contribution in [0.4, 0.5) is 5.69 Å². The molecule has 0 aliphatic rings. The van der Waals surface area contributed by atoms with Crippen molar-refractivity contribution in [3.8, 4) is 5.69 Å². The Morgan fingerprint density at radius 1 is 1.07 bits per heavy atom. The molecular formula is C19H17N7O2S. The van der Waals surface area contributed by atoms with E-state index in [1.54, 1.807) is 47.8 Å². The molecule has 10 heteroatoms. The Morgan fingerprint density at radius 3 is 2.55 bits per heavy atom. The lowest BCUT2D eigenvalue weighted by atomic mass is 10.2. The van der Waals surface area contributed by atoms with Crippen LogP contribution in [0.3, 0.4) is 0 Å². The summed E-state index contributed by atoms with van der Waals surface area (Å²) in [6, 6.07) is 10.5. The van der Waals surface area contributed by atoms with Crippen LogP contribution in [-0.2, 0) is 6.42 Å². The first kappa shape index (κ1) is 18.6. The van der Waals surface area contributed by atoms with Crippen molar-refractivity contribution in [2.75, 3.05) is 11.9 Å². The van der Waals surface area contributed by atoms with Crippen LogP contribution in [0.1, 0.15) is 25.0 Å². The topological polar surface area (TPSA) is 118 Å². The number of thiophene rings is 1. The first-order valence-electron chi connectivity index (χ1n) is 8.81. The molecule has 3 heterocycles. The predicted molar refractivity (Wildman–Crippen MR) is 108 cm³/mol. The van der Waals surface area contributed by atoms with Gasteiger partial charge in [-0.25, -0.2) is 14.6 Å².